The van der Waals surface area contributed by atoms with Gasteiger partial charge in [-0.25, -0.2) is 0 Å². The van der Waals surface area contributed by atoms with E-state index in [0.717, 1.165) is 11.3 Å². The average molecular weight is 332 g/mol. The first kappa shape index (κ1) is 16.7. The van der Waals surface area contributed by atoms with Gasteiger partial charge >= 0.3 is 0 Å². The molecule has 0 saturated heterocycles. The summed E-state index contributed by atoms with van der Waals surface area (Å²) >= 11 is 0. The first-order chi connectivity index (χ1) is 12.3. The molecule has 4 heteroatoms. The van der Waals surface area contributed by atoms with Crippen LogP contribution in [0.15, 0.2) is 79.0 Å². The monoisotopic (exact) mass is 332 g/mol. The molecule has 0 bridgehead atoms. The van der Waals surface area contributed by atoms with Crippen LogP contribution in [0.4, 0.5) is 0 Å². The molecule has 1 atom stereocenters. The van der Waals surface area contributed by atoms with Gasteiger partial charge < -0.3 is 10.1 Å². The second kappa shape index (κ2) is 8.11. The molecule has 0 aliphatic heterocycles. The van der Waals surface area contributed by atoms with Crippen LogP contribution in [0.2, 0.25) is 0 Å². The smallest absolute Gasteiger partial charge is 0.255 e. The quantitative estimate of drug-likeness (QED) is 0.742. The number of carbonyl (C=O) groups is 1. The standard InChI is InChI=1S/C21H20N2O2/c1-2-25-19-14-7-6-12-17(19)21(24)23-20(16-10-4-3-5-11-16)18-13-8-9-15-22-18/h3-15,20H,2H2,1H3,(H,23,24)/t20-/m1/s1. The fraction of sp³-hybridized carbons (Fsp3) is 0.143. The Labute approximate surface area is 147 Å². The van der Waals surface area contributed by atoms with Gasteiger partial charge in [-0.2, -0.15) is 0 Å². The van der Waals surface area contributed by atoms with Crippen molar-refractivity contribution in [2.45, 2.75) is 13.0 Å². The lowest BCUT2D eigenvalue weighted by atomic mass is 10.0. The van der Waals surface area contributed by atoms with Crippen LogP contribution in [0.1, 0.15) is 34.6 Å². The Morgan fingerprint density at radius 2 is 1.72 bits per heavy atom. The van der Waals surface area contributed by atoms with E-state index in [4.69, 9.17) is 4.74 Å². The summed E-state index contributed by atoms with van der Waals surface area (Å²) in [6.45, 7) is 2.40. The minimum Gasteiger partial charge on any atom is -0.493 e. The van der Waals surface area contributed by atoms with Crippen molar-refractivity contribution in [2.24, 2.45) is 0 Å². The molecule has 4 nitrogen and oxygen atoms in total. The van der Waals surface area contributed by atoms with E-state index in [2.05, 4.69) is 10.3 Å². The van der Waals surface area contributed by atoms with Gasteiger partial charge in [-0.05, 0) is 36.8 Å². The summed E-state index contributed by atoms with van der Waals surface area (Å²) in [5, 5.41) is 3.08. The minimum atomic E-state index is -0.329. The third-order valence-corrected chi connectivity index (χ3v) is 3.82. The molecule has 3 aromatic rings. The summed E-state index contributed by atoms with van der Waals surface area (Å²) in [6.07, 6.45) is 1.73. The molecule has 1 amide bonds. The van der Waals surface area contributed by atoms with Crippen molar-refractivity contribution in [3.63, 3.8) is 0 Å². The maximum absolute atomic E-state index is 12.9. The molecule has 0 unspecified atom stereocenters. The van der Waals surface area contributed by atoms with E-state index in [9.17, 15) is 4.79 Å². The van der Waals surface area contributed by atoms with Gasteiger partial charge in [-0.1, -0.05) is 48.5 Å². The van der Waals surface area contributed by atoms with Crippen molar-refractivity contribution in [2.75, 3.05) is 6.61 Å². The predicted molar refractivity (Wildman–Crippen MR) is 97.6 cm³/mol. The lowest BCUT2D eigenvalue weighted by molar-refractivity contribution is 0.0938. The fourth-order valence-corrected chi connectivity index (χ4v) is 2.66. The molecule has 0 aliphatic rings. The first-order valence-corrected chi connectivity index (χ1v) is 8.28. The second-order valence-electron chi connectivity index (χ2n) is 5.50. The fourth-order valence-electron chi connectivity index (χ4n) is 2.66. The topological polar surface area (TPSA) is 51.2 Å². The van der Waals surface area contributed by atoms with Crippen LogP contribution >= 0.6 is 0 Å². The SMILES string of the molecule is CCOc1ccccc1C(=O)N[C@H](c1ccccc1)c1ccccn1. The van der Waals surface area contributed by atoms with Gasteiger partial charge in [0.05, 0.1) is 23.9 Å². The molecule has 3 rings (SSSR count). The first-order valence-electron chi connectivity index (χ1n) is 8.28. The summed E-state index contributed by atoms with van der Waals surface area (Å²) in [5.41, 5.74) is 2.28. The number of benzene rings is 2. The van der Waals surface area contributed by atoms with Crippen LogP contribution in [-0.2, 0) is 0 Å². The molecule has 2 aromatic carbocycles. The maximum Gasteiger partial charge on any atom is 0.255 e. The van der Waals surface area contributed by atoms with E-state index in [-0.39, 0.29) is 11.9 Å². The van der Waals surface area contributed by atoms with Gasteiger partial charge in [0.25, 0.3) is 5.91 Å². The van der Waals surface area contributed by atoms with Crippen LogP contribution in [-0.4, -0.2) is 17.5 Å². The Hall–Kier alpha value is -3.14. The molecular formula is C21H20N2O2. The predicted octanol–water partition coefficient (Wildman–Crippen LogP) is 4.00. The second-order valence-corrected chi connectivity index (χ2v) is 5.50. The highest BCUT2D eigenvalue weighted by molar-refractivity contribution is 5.97. The summed E-state index contributed by atoms with van der Waals surface area (Å²) < 4.78 is 5.57. The zero-order valence-electron chi connectivity index (χ0n) is 14.1. The number of carbonyl (C=O) groups excluding carboxylic acids is 1. The molecule has 1 aromatic heterocycles. The van der Waals surface area contributed by atoms with E-state index in [0.29, 0.717) is 17.9 Å². The molecular weight excluding hydrogens is 312 g/mol. The van der Waals surface area contributed by atoms with Crippen molar-refractivity contribution < 1.29 is 9.53 Å². The van der Waals surface area contributed by atoms with Gasteiger partial charge in [-0.3, -0.25) is 9.78 Å². The maximum atomic E-state index is 12.9. The molecule has 25 heavy (non-hydrogen) atoms. The largest absolute Gasteiger partial charge is 0.493 e. The average Bonchev–Trinajstić information content (AvgIpc) is 2.68. The number of nitrogens with one attached hydrogen (secondary N) is 1. The molecule has 0 aliphatic carbocycles. The Balaban J connectivity index is 1.92. The van der Waals surface area contributed by atoms with Crippen molar-refractivity contribution in [1.82, 2.24) is 10.3 Å². The van der Waals surface area contributed by atoms with E-state index in [1.54, 1.807) is 18.3 Å². The van der Waals surface area contributed by atoms with E-state index >= 15 is 0 Å². The number of hydrogen-bond donors (Lipinski definition) is 1. The molecule has 0 saturated carbocycles. The van der Waals surface area contributed by atoms with Gasteiger partial charge in [-0.15, -0.1) is 0 Å². The van der Waals surface area contributed by atoms with Gasteiger partial charge in [0.15, 0.2) is 0 Å². The normalized spacial score (nSPS) is 11.6. The Morgan fingerprint density at radius 1 is 1.00 bits per heavy atom. The van der Waals surface area contributed by atoms with Crippen LogP contribution in [0.25, 0.3) is 0 Å². The minimum absolute atomic E-state index is 0.191. The summed E-state index contributed by atoms with van der Waals surface area (Å²) in [5.74, 6) is 0.388. The number of aromatic nitrogens is 1. The zero-order chi connectivity index (χ0) is 17.5. The number of pyridine rings is 1. The number of amides is 1. The highest BCUT2D eigenvalue weighted by atomic mass is 16.5. The summed E-state index contributed by atoms with van der Waals surface area (Å²) in [6, 6.07) is 22.4. The third kappa shape index (κ3) is 4.04. The van der Waals surface area contributed by atoms with Gasteiger partial charge in [0, 0.05) is 6.20 Å². The van der Waals surface area contributed by atoms with Crippen molar-refractivity contribution >= 4 is 5.91 Å². The summed E-state index contributed by atoms with van der Waals surface area (Å²) in [4.78, 5) is 17.3. The zero-order valence-corrected chi connectivity index (χ0v) is 14.1. The van der Waals surface area contributed by atoms with E-state index < -0.39 is 0 Å². The Bertz CT molecular complexity index is 780. The van der Waals surface area contributed by atoms with Crippen LogP contribution in [0.5, 0.6) is 5.75 Å². The molecule has 0 fully saturated rings. The number of ether oxygens (including phenoxy) is 1. The van der Waals surface area contributed by atoms with Crippen molar-refractivity contribution in [1.29, 1.82) is 0 Å². The number of hydrogen-bond acceptors (Lipinski definition) is 3. The summed E-state index contributed by atoms with van der Waals surface area (Å²) in [7, 11) is 0. The number of para-hydroxylation sites is 1. The van der Waals surface area contributed by atoms with Gasteiger partial charge in [0.1, 0.15) is 5.75 Å². The Kier molecular flexibility index (Phi) is 5.42. The van der Waals surface area contributed by atoms with Crippen LogP contribution in [0.3, 0.4) is 0 Å². The van der Waals surface area contributed by atoms with Crippen molar-refractivity contribution in [3.8, 4) is 5.75 Å². The van der Waals surface area contributed by atoms with Crippen molar-refractivity contribution in [3.05, 3.63) is 95.8 Å². The van der Waals surface area contributed by atoms with Crippen LogP contribution < -0.4 is 10.1 Å². The van der Waals surface area contributed by atoms with Gasteiger partial charge in [0.2, 0.25) is 0 Å². The molecule has 1 N–H and O–H groups in total. The third-order valence-electron chi connectivity index (χ3n) is 3.82. The highest BCUT2D eigenvalue weighted by Gasteiger charge is 2.20. The molecule has 0 radical (unpaired) electrons. The highest BCUT2D eigenvalue weighted by Crippen LogP contribution is 2.23. The molecule has 126 valence electrons. The van der Waals surface area contributed by atoms with Crippen LogP contribution in [0, 0.1) is 0 Å². The van der Waals surface area contributed by atoms with E-state index in [1.807, 2.05) is 67.6 Å². The Morgan fingerprint density at radius 3 is 2.44 bits per heavy atom. The van der Waals surface area contributed by atoms with E-state index in [1.165, 1.54) is 0 Å². The molecule has 0 spiro atoms. The molecule has 1 heterocycles. The number of rotatable bonds is 6. The lowest BCUT2D eigenvalue weighted by Gasteiger charge is -2.20. The number of nitrogens with zero attached hydrogens (tertiary/aromatic N) is 1. The lowest BCUT2D eigenvalue weighted by Crippen LogP contribution is -2.30.